The van der Waals surface area contributed by atoms with Gasteiger partial charge in [0.2, 0.25) is 5.91 Å². The molecule has 0 aromatic carbocycles. The van der Waals surface area contributed by atoms with Crippen LogP contribution in [-0.4, -0.2) is 31.3 Å². The molecule has 0 bridgehead atoms. The van der Waals surface area contributed by atoms with Crippen LogP contribution in [0.25, 0.3) is 0 Å². The average molecular weight is 184 g/mol. The van der Waals surface area contributed by atoms with E-state index in [0.717, 1.165) is 25.7 Å². The molecule has 0 aromatic heterocycles. The Balaban J connectivity index is 1.93. The molecule has 1 saturated carbocycles. The van der Waals surface area contributed by atoms with Gasteiger partial charge in [-0.15, -0.1) is 0 Å². The van der Waals surface area contributed by atoms with Gasteiger partial charge in [0.25, 0.3) is 0 Å². The maximum Gasteiger partial charge on any atom is 0.235 e. The minimum atomic E-state index is -0.105. The molecule has 1 spiro atoms. The first-order valence-electron chi connectivity index (χ1n) is 4.83. The molecule has 1 saturated heterocycles. The Morgan fingerprint density at radius 1 is 1.46 bits per heavy atom. The lowest BCUT2D eigenvalue weighted by atomic mass is 9.88. The smallest absolute Gasteiger partial charge is 0.235 e. The summed E-state index contributed by atoms with van der Waals surface area (Å²) in [4.78, 5) is 11.1. The fraction of sp³-hybridized carbons (Fsp3) is 0.889. The molecule has 0 atom stereocenters. The number of rotatable bonds is 1. The van der Waals surface area contributed by atoms with Crippen molar-refractivity contribution in [1.82, 2.24) is 10.6 Å². The van der Waals surface area contributed by atoms with Crippen molar-refractivity contribution in [1.29, 1.82) is 0 Å². The van der Waals surface area contributed by atoms with Crippen molar-refractivity contribution >= 4 is 5.91 Å². The summed E-state index contributed by atoms with van der Waals surface area (Å²) in [5.74, 6) is 0.121. The number of hydrogen-bond acceptors (Lipinski definition) is 3. The zero-order valence-corrected chi connectivity index (χ0v) is 7.93. The van der Waals surface area contributed by atoms with Gasteiger partial charge in [-0.2, -0.15) is 0 Å². The van der Waals surface area contributed by atoms with Crippen LogP contribution >= 0.6 is 0 Å². The van der Waals surface area contributed by atoms with Crippen LogP contribution in [0, 0.1) is 0 Å². The molecule has 4 heteroatoms. The number of carbonyl (C=O) groups excluding carboxylic acids is 1. The third kappa shape index (κ3) is 1.69. The zero-order chi connectivity index (χ0) is 9.31. The molecule has 2 aliphatic rings. The minimum absolute atomic E-state index is 0.105. The van der Waals surface area contributed by atoms with Gasteiger partial charge in [-0.3, -0.25) is 10.1 Å². The van der Waals surface area contributed by atoms with Gasteiger partial charge in [-0.25, -0.2) is 0 Å². The highest BCUT2D eigenvalue weighted by molar-refractivity contribution is 5.81. The third-order valence-corrected chi connectivity index (χ3v) is 3.09. The maximum atomic E-state index is 11.1. The van der Waals surface area contributed by atoms with Gasteiger partial charge >= 0.3 is 0 Å². The SMILES string of the molecule is COC1CCC2(CC1)NCC(=O)N2. The number of hydrogen-bond donors (Lipinski definition) is 2. The summed E-state index contributed by atoms with van der Waals surface area (Å²) in [5.41, 5.74) is -0.105. The number of carbonyl (C=O) groups is 1. The number of amides is 1. The van der Waals surface area contributed by atoms with E-state index in [1.165, 1.54) is 0 Å². The van der Waals surface area contributed by atoms with E-state index >= 15 is 0 Å². The first kappa shape index (κ1) is 8.97. The Morgan fingerprint density at radius 3 is 2.62 bits per heavy atom. The average Bonchev–Trinajstić information content (AvgIpc) is 2.49. The molecule has 0 aromatic rings. The number of methoxy groups -OCH3 is 1. The van der Waals surface area contributed by atoms with E-state index in [1.807, 2.05) is 0 Å². The molecule has 1 amide bonds. The van der Waals surface area contributed by atoms with Crippen molar-refractivity contribution in [2.45, 2.75) is 37.5 Å². The second-order valence-corrected chi connectivity index (χ2v) is 3.92. The van der Waals surface area contributed by atoms with Gasteiger partial charge in [0.15, 0.2) is 0 Å². The Bertz CT molecular complexity index is 210. The van der Waals surface area contributed by atoms with E-state index < -0.39 is 0 Å². The zero-order valence-electron chi connectivity index (χ0n) is 7.93. The Hall–Kier alpha value is -0.610. The van der Waals surface area contributed by atoms with Gasteiger partial charge < -0.3 is 10.1 Å². The van der Waals surface area contributed by atoms with Crippen LogP contribution in [0.5, 0.6) is 0 Å². The second kappa shape index (κ2) is 3.27. The summed E-state index contributed by atoms with van der Waals surface area (Å²) in [7, 11) is 1.75. The quantitative estimate of drug-likeness (QED) is 0.602. The van der Waals surface area contributed by atoms with Crippen molar-refractivity contribution in [2.24, 2.45) is 0 Å². The monoisotopic (exact) mass is 184 g/mol. The van der Waals surface area contributed by atoms with Crippen LogP contribution in [0.4, 0.5) is 0 Å². The molecule has 1 aliphatic heterocycles. The summed E-state index contributed by atoms with van der Waals surface area (Å²) in [6, 6.07) is 0. The predicted molar refractivity (Wildman–Crippen MR) is 48.1 cm³/mol. The first-order chi connectivity index (χ1) is 6.24. The summed E-state index contributed by atoms with van der Waals surface area (Å²) >= 11 is 0. The molecule has 2 fully saturated rings. The van der Waals surface area contributed by atoms with Crippen molar-refractivity contribution < 1.29 is 9.53 Å². The van der Waals surface area contributed by atoms with E-state index in [4.69, 9.17) is 4.74 Å². The van der Waals surface area contributed by atoms with Crippen LogP contribution in [0.1, 0.15) is 25.7 Å². The predicted octanol–water partition coefficient (Wildman–Crippen LogP) is -0.00890. The minimum Gasteiger partial charge on any atom is -0.381 e. The normalized spacial score (nSPS) is 39.5. The van der Waals surface area contributed by atoms with Crippen molar-refractivity contribution in [3.63, 3.8) is 0 Å². The fourth-order valence-electron chi connectivity index (χ4n) is 2.23. The molecule has 0 radical (unpaired) electrons. The van der Waals surface area contributed by atoms with Crippen molar-refractivity contribution in [2.75, 3.05) is 13.7 Å². The summed E-state index contributed by atoms with van der Waals surface area (Å²) in [5, 5.41) is 6.26. The number of ether oxygens (including phenoxy) is 1. The topological polar surface area (TPSA) is 50.4 Å². The number of nitrogens with one attached hydrogen (secondary N) is 2. The maximum absolute atomic E-state index is 11.1. The van der Waals surface area contributed by atoms with Crippen LogP contribution < -0.4 is 10.6 Å². The van der Waals surface area contributed by atoms with Crippen LogP contribution in [0.2, 0.25) is 0 Å². The Labute approximate surface area is 78.0 Å². The van der Waals surface area contributed by atoms with E-state index in [0.29, 0.717) is 12.6 Å². The lowest BCUT2D eigenvalue weighted by Crippen LogP contribution is -2.52. The first-order valence-corrected chi connectivity index (χ1v) is 4.83. The molecule has 1 heterocycles. The molecular weight excluding hydrogens is 168 g/mol. The van der Waals surface area contributed by atoms with Gasteiger partial charge in [0, 0.05) is 7.11 Å². The summed E-state index contributed by atoms with van der Waals surface area (Å²) in [6.45, 7) is 0.470. The molecule has 2 rings (SSSR count). The van der Waals surface area contributed by atoms with Crippen LogP contribution in [-0.2, 0) is 9.53 Å². The highest BCUT2D eigenvalue weighted by atomic mass is 16.5. The molecule has 1 aliphatic carbocycles. The Kier molecular flexibility index (Phi) is 2.26. The second-order valence-electron chi connectivity index (χ2n) is 3.92. The molecule has 13 heavy (non-hydrogen) atoms. The largest absolute Gasteiger partial charge is 0.381 e. The molecule has 4 nitrogen and oxygen atoms in total. The molecule has 74 valence electrons. The summed E-state index contributed by atoms with van der Waals surface area (Å²) in [6.07, 6.45) is 4.41. The lowest BCUT2D eigenvalue weighted by Gasteiger charge is -2.36. The highest BCUT2D eigenvalue weighted by Gasteiger charge is 2.40. The van der Waals surface area contributed by atoms with Crippen molar-refractivity contribution in [3.8, 4) is 0 Å². The molecular formula is C9H16N2O2. The van der Waals surface area contributed by atoms with Crippen LogP contribution in [0.15, 0.2) is 0 Å². The van der Waals surface area contributed by atoms with Gasteiger partial charge in [-0.05, 0) is 25.7 Å². The molecule has 2 N–H and O–H groups in total. The van der Waals surface area contributed by atoms with Crippen molar-refractivity contribution in [3.05, 3.63) is 0 Å². The van der Waals surface area contributed by atoms with Gasteiger partial charge in [0.1, 0.15) is 0 Å². The standard InChI is InChI=1S/C9H16N2O2/c1-13-7-2-4-9(5-3-7)10-6-8(12)11-9/h7,10H,2-6H2,1H3,(H,11,12). The van der Waals surface area contributed by atoms with E-state index in [2.05, 4.69) is 10.6 Å². The Morgan fingerprint density at radius 2 is 2.15 bits per heavy atom. The summed E-state index contributed by atoms with van der Waals surface area (Å²) < 4.78 is 5.28. The van der Waals surface area contributed by atoms with E-state index in [1.54, 1.807) is 7.11 Å². The van der Waals surface area contributed by atoms with Crippen LogP contribution in [0.3, 0.4) is 0 Å². The van der Waals surface area contributed by atoms with E-state index in [-0.39, 0.29) is 11.6 Å². The van der Waals surface area contributed by atoms with Gasteiger partial charge in [0.05, 0.1) is 18.3 Å². The third-order valence-electron chi connectivity index (χ3n) is 3.09. The fourth-order valence-corrected chi connectivity index (χ4v) is 2.23. The molecule has 0 unspecified atom stereocenters. The van der Waals surface area contributed by atoms with E-state index in [9.17, 15) is 4.79 Å². The van der Waals surface area contributed by atoms with Gasteiger partial charge in [-0.1, -0.05) is 0 Å². The highest BCUT2D eigenvalue weighted by Crippen LogP contribution is 2.29. The lowest BCUT2D eigenvalue weighted by molar-refractivity contribution is -0.119.